The van der Waals surface area contributed by atoms with Gasteiger partial charge in [-0.3, -0.25) is 9.59 Å². The number of carbonyl (C=O) groups excluding carboxylic acids is 2. The minimum absolute atomic E-state index is 0.0301. The van der Waals surface area contributed by atoms with E-state index in [2.05, 4.69) is 15.6 Å². The van der Waals surface area contributed by atoms with Crippen LogP contribution in [0, 0.1) is 18.6 Å². The number of nitrogens with zero attached hydrogens (tertiary/aromatic N) is 2. The van der Waals surface area contributed by atoms with Crippen molar-refractivity contribution < 1.29 is 28.2 Å². The van der Waals surface area contributed by atoms with Crippen LogP contribution in [0.4, 0.5) is 8.78 Å². The van der Waals surface area contributed by atoms with Gasteiger partial charge in [-0.2, -0.15) is 0 Å². The topological polar surface area (TPSA) is 104 Å². The monoisotopic (exact) mass is 596 g/mol. The van der Waals surface area contributed by atoms with Crippen molar-refractivity contribution in [2.45, 2.75) is 69.7 Å². The number of fused-ring (bicyclic) bond motifs is 1. The van der Waals surface area contributed by atoms with Gasteiger partial charge in [0.05, 0.1) is 30.4 Å². The molecule has 2 aromatic carbocycles. The van der Waals surface area contributed by atoms with Gasteiger partial charge in [0.2, 0.25) is 0 Å². The maximum Gasteiger partial charge on any atom is 0.258 e. The first-order valence-electron chi connectivity index (χ1n) is 14.5. The van der Waals surface area contributed by atoms with Crippen molar-refractivity contribution in [3.63, 3.8) is 0 Å². The van der Waals surface area contributed by atoms with E-state index in [9.17, 15) is 23.5 Å². The number of ether oxygens (including phenoxy) is 1. The molecule has 3 N–H and O–H groups in total. The van der Waals surface area contributed by atoms with Crippen molar-refractivity contribution in [3.8, 4) is 5.75 Å². The van der Waals surface area contributed by atoms with Crippen molar-refractivity contribution in [2.24, 2.45) is 0 Å². The molecule has 0 spiro atoms. The number of likely N-dealkylation sites (tertiary alicyclic amines) is 1. The molecule has 6 rings (SSSR count). The fourth-order valence-electron chi connectivity index (χ4n) is 6.32. The summed E-state index contributed by atoms with van der Waals surface area (Å²) in [7, 11) is 0. The molecule has 11 heteroatoms. The van der Waals surface area contributed by atoms with Crippen LogP contribution in [0.1, 0.15) is 74.3 Å². The van der Waals surface area contributed by atoms with E-state index in [4.69, 9.17) is 4.74 Å². The van der Waals surface area contributed by atoms with Gasteiger partial charge < -0.3 is 25.4 Å². The highest BCUT2D eigenvalue weighted by atomic mass is 32.1. The Balaban J connectivity index is 1.28. The highest BCUT2D eigenvalue weighted by Gasteiger charge is 2.36. The average molecular weight is 597 g/mol. The van der Waals surface area contributed by atoms with Crippen LogP contribution >= 0.6 is 11.3 Å². The lowest BCUT2D eigenvalue weighted by atomic mass is 9.94. The smallest absolute Gasteiger partial charge is 0.258 e. The number of aryl methyl sites for hydroxylation is 1. The Morgan fingerprint density at radius 3 is 2.71 bits per heavy atom. The number of aliphatic hydroxyl groups is 1. The molecule has 0 saturated carbocycles. The van der Waals surface area contributed by atoms with Crippen molar-refractivity contribution in [1.29, 1.82) is 0 Å². The molecule has 42 heavy (non-hydrogen) atoms. The van der Waals surface area contributed by atoms with Crippen LogP contribution in [0.15, 0.2) is 35.7 Å². The van der Waals surface area contributed by atoms with E-state index in [1.54, 1.807) is 23.5 Å². The van der Waals surface area contributed by atoms with Gasteiger partial charge in [0.15, 0.2) is 0 Å². The predicted molar refractivity (Wildman–Crippen MR) is 154 cm³/mol. The number of hydrogen-bond acceptors (Lipinski definition) is 7. The molecule has 2 amide bonds. The summed E-state index contributed by atoms with van der Waals surface area (Å²) in [5, 5.41) is 20.3. The second-order valence-corrected chi connectivity index (χ2v) is 12.2. The number of carbonyl (C=O) groups is 2. The molecule has 2 saturated heterocycles. The quantitative estimate of drug-likeness (QED) is 0.362. The van der Waals surface area contributed by atoms with Gasteiger partial charge in [0.1, 0.15) is 22.4 Å². The molecule has 4 heterocycles. The number of aromatic nitrogens is 1. The van der Waals surface area contributed by atoms with Gasteiger partial charge in [-0.25, -0.2) is 13.8 Å². The van der Waals surface area contributed by atoms with Crippen molar-refractivity contribution in [1.82, 2.24) is 20.5 Å². The number of hydrogen-bond donors (Lipinski definition) is 3. The summed E-state index contributed by atoms with van der Waals surface area (Å²) in [5.74, 6) is -1.64. The van der Waals surface area contributed by atoms with Crippen molar-refractivity contribution in [3.05, 3.63) is 80.3 Å². The van der Waals surface area contributed by atoms with Crippen LogP contribution in [0.5, 0.6) is 5.75 Å². The number of rotatable bonds is 8. The maximum atomic E-state index is 14.0. The molecular formula is C31H34F2N4O4S. The molecule has 3 aromatic rings. The normalized spacial score (nSPS) is 21.2. The lowest BCUT2D eigenvalue weighted by Crippen LogP contribution is -2.52. The number of nitrogens with one attached hydrogen (secondary N) is 2. The molecule has 0 bridgehead atoms. The Morgan fingerprint density at radius 2 is 2.00 bits per heavy atom. The standard InChI is InChI=1S/C31H34F2N4O4S/c1-17-16-42-30(35-17)26-5-3-8-37(26)31(40)23-14-20(13-19-6-9-41-28(19)23)29(39)36-25(27(38)24-4-2-7-34-24)12-18-10-21(32)15-22(33)11-18/h10-11,13-16,24-27,34,38H,2-9,12H2,1H3,(H,36,39)/t24-,25-,26+,27+/m0/s1. The van der Waals surface area contributed by atoms with Crippen molar-refractivity contribution >= 4 is 23.2 Å². The number of thiazole rings is 1. The van der Waals surface area contributed by atoms with Crippen LogP contribution in [0.3, 0.4) is 0 Å². The zero-order valence-corrected chi connectivity index (χ0v) is 24.2. The third-order valence-electron chi connectivity index (χ3n) is 8.33. The van der Waals surface area contributed by atoms with E-state index < -0.39 is 29.7 Å². The Bertz CT molecular complexity index is 1470. The summed E-state index contributed by atoms with van der Waals surface area (Å²) < 4.78 is 33.8. The zero-order valence-electron chi connectivity index (χ0n) is 23.4. The third-order valence-corrected chi connectivity index (χ3v) is 9.39. The number of benzene rings is 2. The van der Waals surface area contributed by atoms with E-state index in [0.29, 0.717) is 36.4 Å². The predicted octanol–water partition coefficient (Wildman–Crippen LogP) is 4.10. The zero-order chi connectivity index (χ0) is 29.4. The summed E-state index contributed by atoms with van der Waals surface area (Å²) in [5.41, 5.74) is 2.62. The Kier molecular flexibility index (Phi) is 8.24. The van der Waals surface area contributed by atoms with E-state index >= 15 is 0 Å². The van der Waals surface area contributed by atoms with Gasteiger partial charge in [-0.1, -0.05) is 0 Å². The summed E-state index contributed by atoms with van der Waals surface area (Å²) in [6, 6.07) is 5.26. The molecule has 3 aliphatic heterocycles. The number of amides is 2. The largest absolute Gasteiger partial charge is 0.492 e. The van der Waals surface area contributed by atoms with Crippen LogP contribution in [-0.2, 0) is 12.8 Å². The SMILES string of the molecule is Cc1csc([C@H]2CCCN2C(=O)c2cc(C(=O)N[C@@H](Cc3cc(F)cc(F)c3)[C@H](O)[C@@H]3CCCN3)cc3c2OCC3)n1. The van der Waals surface area contributed by atoms with Crippen LogP contribution in [-0.4, -0.2) is 64.7 Å². The average Bonchev–Trinajstić information content (AvgIpc) is 3.77. The Hall–Kier alpha value is -3.41. The minimum Gasteiger partial charge on any atom is -0.492 e. The highest BCUT2D eigenvalue weighted by Crippen LogP contribution is 2.38. The Morgan fingerprint density at radius 1 is 1.19 bits per heavy atom. The molecule has 0 aliphatic carbocycles. The van der Waals surface area contributed by atoms with Gasteiger partial charge in [-0.15, -0.1) is 11.3 Å². The molecule has 222 valence electrons. The minimum atomic E-state index is -0.992. The summed E-state index contributed by atoms with van der Waals surface area (Å²) in [6.45, 7) is 3.67. The summed E-state index contributed by atoms with van der Waals surface area (Å²) in [4.78, 5) is 34.1. The fraction of sp³-hybridized carbons (Fsp3) is 0.452. The van der Waals surface area contributed by atoms with E-state index in [1.807, 2.05) is 17.2 Å². The van der Waals surface area contributed by atoms with Gasteiger partial charge in [0, 0.05) is 41.7 Å². The maximum absolute atomic E-state index is 14.0. The first kappa shape index (κ1) is 28.7. The van der Waals surface area contributed by atoms with E-state index in [1.165, 1.54) is 12.1 Å². The summed E-state index contributed by atoms with van der Waals surface area (Å²) in [6.07, 6.45) is 2.87. The lowest BCUT2D eigenvalue weighted by molar-refractivity contribution is 0.0730. The molecule has 1 aromatic heterocycles. The van der Waals surface area contributed by atoms with Crippen LogP contribution in [0.25, 0.3) is 0 Å². The molecular weight excluding hydrogens is 562 g/mol. The van der Waals surface area contributed by atoms with E-state index in [-0.39, 0.29) is 30.0 Å². The van der Waals surface area contributed by atoms with Crippen LogP contribution < -0.4 is 15.4 Å². The molecule has 8 nitrogen and oxygen atoms in total. The molecule has 0 radical (unpaired) electrons. The molecule has 4 atom stereocenters. The molecule has 0 unspecified atom stereocenters. The van der Waals surface area contributed by atoms with Gasteiger partial charge in [-0.05, 0) is 81.0 Å². The fourth-order valence-corrected chi connectivity index (χ4v) is 7.26. The molecule has 2 fully saturated rings. The lowest BCUT2D eigenvalue weighted by Gasteiger charge is -2.29. The third kappa shape index (κ3) is 5.91. The highest BCUT2D eigenvalue weighted by molar-refractivity contribution is 7.09. The number of halogens is 2. The first-order valence-corrected chi connectivity index (χ1v) is 15.3. The molecule has 3 aliphatic rings. The summed E-state index contributed by atoms with van der Waals surface area (Å²) >= 11 is 1.54. The van der Waals surface area contributed by atoms with Crippen molar-refractivity contribution in [2.75, 3.05) is 19.7 Å². The van der Waals surface area contributed by atoms with Crippen LogP contribution in [0.2, 0.25) is 0 Å². The Labute approximate surface area is 247 Å². The number of aliphatic hydroxyl groups excluding tert-OH is 1. The first-order chi connectivity index (χ1) is 20.3. The van der Waals surface area contributed by atoms with E-state index in [0.717, 1.165) is 54.6 Å². The van der Waals surface area contributed by atoms with Gasteiger partial charge in [0.25, 0.3) is 11.8 Å². The second kappa shape index (κ2) is 12.1. The van der Waals surface area contributed by atoms with Gasteiger partial charge >= 0.3 is 0 Å². The second-order valence-electron chi connectivity index (χ2n) is 11.3.